The molecule has 0 bridgehead atoms. The van der Waals surface area contributed by atoms with Crippen LogP contribution in [0.15, 0.2) is 6.20 Å². The maximum atomic E-state index is 10.0. The predicted octanol–water partition coefficient (Wildman–Crippen LogP) is 2.99. The van der Waals surface area contributed by atoms with E-state index < -0.39 is 13.6 Å². The fourth-order valence-corrected chi connectivity index (χ4v) is 3.18. The highest BCUT2D eigenvalue weighted by Crippen LogP contribution is 2.53. The smallest absolute Gasteiger partial charge is 0.385 e. The van der Waals surface area contributed by atoms with Gasteiger partial charge in [-0.25, -0.2) is 0 Å². The summed E-state index contributed by atoms with van der Waals surface area (Å²) in [7, 11) is -2.25. The third-order valence-corrected chi connectivity index (χ3v) is 4.94. The normalized spacial score (nSPS) is 13.3. The van der Waals surface area contributed by atoms with Crippen LogP contribution in [0.25, 0.3) is 0 Å². The molecule has 0 amide bonds. The molecular formula is C18H37N3O6P+. The largest absolute Gasteiger partial charge is 0.570 e. The van der Waals surface area contributed by atoms with Crippen molar-refractivity contribution in [2.75, 3.05) is 33.5 Å². The predicted molar refractivity (Wildman–Crippen MR) is 107 cm³/mol. The van der Waals surface area contributed by atoms with Crippen LogP contribution < -0.4 is 0 Å². The molecule has 0 aromatic carbocycles. The molecule has 164 valence electrons. The maximum absolute atomic E-state index is 10.0. The van der Waals surface area contributed by atoms with Crippen LogP contribution in [-0.2, 0) is 31.7 Å². The van der Waals surface area contributed by atoms with Gasteiger partial charge in [-0.3, -0.25) is 4.68 Å². The summed E-state index contributed by atoms with van der Waals surface area (Å²) >= 11 is 0. The van der Waals surface area contributed by atoms with Gasteiger partial charge in [-0.1, -0.05) is 39.8 Å². The minimum absolute atomic E-state index is 0.00991. The number of rotatable bonds is 15. The van der Waals surface area contributed by atoms with Gasteiger partial charge in [0.05, 0.1) is 19.4 Å². The molecule has 10 heteroatoms. The van der Waals surface area contributed by atoms with E-state index >= 15 is 0 Å². The molecule has 0 aliphatic carbocycles. The van der Waals surface area contributed by atoms with Crippen molar-refractivity contribution in [3.05, 3.63) is 11.9 Å². The van der Waals surface area contributed by atoms with Gasteiger partial charge in [0.1, 0.15) is 18.9 Å². The summed E-state index contributed by atoms with van der Waals surface area (Å²) in [5, 5.41) is 7.86. The number of hydrogen-bond donors (Lipinski definition) is 2. The fraction of sp³-hybridized carbons (Fsp3) is 0.889. The van der Waals surface area contributed by atoms with Crippen molar-refractivity contribution in [2.24, 2.45) is 10.8 Å². The Morgan fingerprint density at radius 3 is 2.39 bits per heavy atom. The Morgan fingerprint density at radius 1 is 1.07 bits per heavy atom. The molecule has 28 heavy (non-hydrogen) atoms. The van der Waals surface area contributed by atoms with Crippen molar-refractivity contribution in [2.45, 2.75) is 60.6 Å². The van der Waals surface area contributed by atoms with Gasteiger partial charge >= 0.3 is 8.17 Å². The lowest BCUT2D eigenvalue weighted by Gasteiger charge is -2.28. The van der Waals surface area contributed by atoms with Crippen LogP contribution in [0.4, 0.5) is 0 Å². The Bertz CT molecular complexity index is 565. The Labute approximate surface area is 169 Å². The minimum atomic E-state index is -3.94. The van der Waals surface area contributed by atoms with Crippen molar-refractivity contribution in [3.8, 4) is 0 Å². The topological polar surface area (TPSA) is 108 Å². The maximum Gasteiger partial charge on any atom is 0.570 e. The van der Waals surface area contributed by atoms with Gasteiger partial charge in [-0.15, -0.1) is 9.62 Å². The number of ether oxygens (including phenoxy) is 2. The highest BCUT2D eigenvalue weighted by Gasteiger charge is 2.42. The van der Waals surface area contributed by atoms with Crippen LogP contribution in [0.2, 0.25) is 0 Å². The van der Waals surface area contributed by atoms with E-state index in [9.17, 15) is 9.79 Å². The molecule has 0 saturated heterocycles. The summed E-state index contributed by atoms with van der Waals surface area (Å²) in [6, 6.07) is 0. The van der Waals surface area contributed by atoms with Crippen LogP contribution in [0, 0.1) is 10.8 Å². The number of aryl methyl sites for hydroxylation is 1. The zero-order valence-corrected chi connectivity index (χ0v) is 18.9. The first-order valence-electron chi connectivity index (χ1n) is 9.58. The number of nitrogens with zero attached hydrogens (tertiary/aromatic N) is 3. The number of hydrogen-bond acceptors (Lipinski definition) is 8. The van der Waals surface area contributed by atoms with E-state index in [1.165, 1.54) is 0 Å². The molecule has 0 unspecified atom stereocenters. The van der Waals surface area contributed by atoms with E-state index in [4.69, 9.17) is 18.5 Å². The molecule has 1 heterocycles. The third kappa shape index (κ3) is 10.8. The first-order valence-corrected chi connectivity index (χ1v) is 11.1. The molecule has 0 aliphatic rings. The van der Waals surface area contributed by atoms with Gasteiger partial charge in [-0.2, -0.15) is 14.3 Å². The molecule has 2 N–H and O–H groups in total. The molecule has 0 atom stereocenters. The molecule has 0 saturated carbocycles. The minimum Gasteiger partial charge on any atom is -0.385 e. The van der Waals surface area contributed by atoms with Gasteiger partial charge in [0.25, 0.3) is 0 Å². The van der Waals surface area contributed by atoms with Gasteiger partial charge in [0.15, 0.2) is 0 Å². The SMILES string of the molecule is CCCn1cc(CO[P+](O)(O)OCC(C)(C)COCC(C)(C)CCOC)nn1. The van der Waals surface area contributed by atoms with Crippen molar-refractivity contribution in [3.63, 3.8) is 0 Å². The summed E-state index contributed by atoms with van der Waals surface area (Å²) in [5.74, 6) is 0. The van der Waals surface area contributed by atoms with Gasteiger partial charge < -0.3 is 9.47 Å². The molecule has 0 aliphatic heterocycles. The first kappa shape index (κ1) is 25.4. The van der Waals surface area contributed by atoms with Crippen LogP contribution >= 0.6 is 8.17 Å². The monoisotopic (exact) mass is 422 g/mol. The van der Waals surface area contributed by atoms with E-state index in [0.717, 1.165) is 19.4 Å². The molecular weight excluding hydrogens is 385 g/mol. The van der Waals surface area contributed by atoms with Crippen molar-refractivity contribution in [1.29, 1.82) is 0 Å². The zero-order chi connectivity index (χ0) is 21.3. The quantitative estimate of drug-likeness (QED) is 0.415. The van der Waals surface area contributed by atoms with Crippen LogP contribution in [-0.4, -0.2) is 58.3 Å². The van der Waals surface area contributed by atoms with E-state index in [2.05, 4.69) is 24.2 Å². The highest BCUT2D eigenvalue weighted by molar-refractivity contribution is 7.54. The highest BCUT2D eigenvalue weighted by atomic mass is 31.2. The molecule has 0 fully saturated rings. The molecule has 1 rings (SSSR count). The van der Waals surface area contributed by atoms with Crippen LogP contribution in [0.3, 0.4) is 0 Å². The number of aromatic nitrogens is 3. The second kappa shape index (κ2) is 11.5. The zero-order valence-electron chi connectivity index (χ0n) is 18.1. The molecule has 1 aromatic heterocycles. The van der Waals surface area contributed by atoms with E-state index in [1.807, 2.05) is 20.8 Å². The van der Waals surface area contributed by atoms with Gasteiger partial charge in [0, 0.05) is 25.7 Å². The lowest BCUT2D eigenvalue weighted by molar-refractivity contribution is -0.0183. The second-order valence-electron chi connectivity index (χ2n) is 8.57. The lowest BCUT2D eigenvalue weighted by Crippen LogP contribution is -2.29. The first-order chi connectivity index (χ1) is 13.0. The molecule has 9 nitrogen and oxygen atoms in total. The Kier molecular flexibility index (Phi) is 10.4. The summed E-state index contributed by atoms with van der Waals surface area (Å²) in [4.78, 5) is 20.0. The second-order valence-corrected chi connectivity index (χ2v) is 10.1. The van der Waals surface area contributed by atoms with E-state index in [1.54, 1.807) is 18.0 Å². The van der Waals surface area contributed by atoms with Gasteiger partial charge in [-0.05, 0) is 18.3 Å². The third-order valence-electron chi connectivity index (χ3n) is 4.01. The van der Waals surface area contributed by atoms with Crippen LogP contribution in [0.5, 0.6) is 0 Å². The molecule has 0 spiro atoms. The standard InChI is InChI=1S/C18H37N3O6P/c1-7-9-21-11-16(19-20-21)12-26-28(22,23)27-15-18(4,5)14-25-13-17(2,3)8-10-24-6/h11,22-23H,7-10,12-15H2,1-6H3/q+1. The summed E-state index contributed by atoms with van der Waals surface area (Å²) in [5.41, 5.74) is 0.128. The molecule has 0 radical (unpaired) electrons. The summed E-state index contributed by atoms with van der Waals surface area (Å²) in [6.45, 7) is 12.6. The van der Waals surface area contributed by atoms with Crippen molar-refractivity contribution in [1.82, 2.24) is 15.0 Å². The Morgan fingerprint density at radius 2 is 1.75 bits per heavy atom. The molecule has 1 aromatic rings. The average molecular weight is 422 g/mol. The van der Waals surface area contributed by atoms with Crippen LogP contribution in [0.1, 0.15) is 53.2 Å². The Balaban J connectivity index is 2.35. The van der Waals surface area contributed by atoms with E-state index in [0.29, 0.717) is 25.5 Å². The van der Waals surface area contributed by atoms with Crippen molar-refractivity contribution < 1.29 is 28.3 Å². The van der Waals surface area contributed by atoms with Crippen molar-refractivity contribution >= 4 is 8.17 Å². The number of methoxy groups -OCH3 is 1. The fourth-order valence-electron chi connectivity index (χ4n) is 2.29. The van der Waals surface area contributed by atoms with Gasteiger partial charge in [0.2, 0.25) is 0 Å². The summed E-state index contributed by atoms with van der Waals surface area (Å²) < 4.78 is 23.0. The Hall–Kier alpha value is -0.670. The summed E-state index contributed by atoms with van der Waals surface area (Å²) in [6.07, 6.45) is 3.55. The van der Waals surface area contributed by atoms with E-state index in [-0.39, 0.29) is 18.6 Å². The lowest BCUT2D eigenvalue weighted by atomic mass is 9.90. The average Bonchev–Trinajstić information content (AvgIpc) is 3.05.